The highest BCUT2D eigenvalue weighted by Crippen LogP contribution is 2.28. The van der Waals surface area contributed by atoms with Crippen molar-refractivity contribution >= 4 is 23.2 Å². The second-order valence-corrected chi connectivity index (χ2v) is 10.4. The Hall–Kier alpha value is -3.32. The van der Waals surface area contributed by atoms with E-state index >= 15 is 0 Å². The van der Waals surface area contributed by atoms with Crippen LogP contribution in [0.4, 0.5) is 0 Å². The molecule has 2 aromatic carbocycles. The predicted octanol–water partition coefficient (Wildman–Crippen LogP) is 6.23. The summed E-state index contributed by atoms with van der Waals surface area (Å²) in [6, 6.07) is 17.7. The lowest BCUT2D eigenvalue weighted by Crippen LogP contribution is -2.43. The number of aryl methyl sites for hydroxylation is 1. The van der Waals surface area contributed by atoms with Gasteiger partial charge in [-0.3, -0.25) is 9.59 Å². The van der Waals surface area contributed by atoms with Crippen molar-refractivity contribution in [1.82, 2.24) is 9.80 Å². The van der Waals surface area contributed by atoms with Crippen molar-refractivity contribution in [1.29, 1.82) is 0 Å². The number of amides is 2. The molecule has 1 aromatic heterocycles. The molecule has 0 saturated heterocycles. The summed E-state index contributed by atoms with van der Waals surface area (Å²) in [5, 5.41) is 2.02. The molecule has 0 aliphatic heterocycles. The van der Waals surface area contributed by atoms with Gasteiger partial charge in [0.25, 0.3) is 5.91 Å². The highest BCUT2D eigenvalue weighted by molar-refractivity contribution is 7.09. The Labute approximate surface area is 231 Å². The number of methoxy groups -OCH3 is 2. The fourth-order valence-corrected chi connectivity index (χ4v) is 5.07. The van der Waals surface area contributed by atoms with Gasteiger partial charge in [0, 0.05) is 23.5 Å². The Morgan fingerprint density at radius 3 is 2.18 bits per heavy atom. The zero-order valence-electron chi connectivity index (χ0n) is 23.1. The van der Waals surface area contributed by atoms with Gasteiger partial charge in [0.05, 0.1) is 20.8 Å². The van der Waals surface area contributed by atoms with Gasteiger partial charge < -0.3 is 19.3 Å². The number of hydrogen-bond acceptors (Lipinski definition) is 5. The zero-order valence-corrected chi connectivity index (χ0v) is 23.9. The minimum atomic E-state index is -0.0989. The smallest absolute Gasteiger partial charge is 0.254 e. The first-order chi connectivity index (χ1) is 18.5. The third-order valence-electron chi connectivity index (χ3n) is 6.52. The van der Waals surface area contributed by atoms with Crippen molar-refractivity contribution in [3.05, 3.63) is 81.5 Å². The zero-order chi connectivity index (χ0) is 27.3. The fourth-order valence-electron chi connectivity index (χ4n) is 4.35. The van der Waals surface area contributed by atoms with Crippen LogP contribution in [0.2, 0.25) is 0 Å². The highest BCUT2D eigenvalue weighted by Gasteiger charge is 2.22. The maximum absolute atomic E-state index is 13.6. The molecule has 0 unspecified atom stereocenters. The van der Waals surface area contributed by atoms with Gasteiger partial charge >= 0.3 is 0 Å². The number of rotatable bonds is 15. The van der Waals surface area contributed by atoms with E-state index in [2.05, 4.69) is 6.92 Å². The summed E-state index contributed by atoms with van der Waals surface area (Å²) >= 11 is 1.63. The van der Waals surface area contributed by atoms with E-state index in [1.807, 2.05) is 71.8 Å². The van der Waals surface area contributed by atoms with Crippen LogP contribution in [0.25, 0.3) is 0 Å². The van der Waals surface area contributed by atoms with Crippen LogP contribution >= 0.6 is 11.3 Å². The van der Waals surface area contributed by atoms with E-state index in [-0.39, 0.29) is 18.4 Å². The van der Waals surface area contributed by atoms with Crippen LogP contribution in [0.3, 0.4) is 0 Å². The lowest BCUT2D eigenvalue weighted by atomic mass is 10.1. The summed E-state index contributed by atoms with van der Waals surface area (Å²) in [7, 11) is 3.23. The molecule has 3 rings (SSSR count). The van der Waals surface area contributed by atoms with Gasteiger partial charge in [-0.25, -0.2) is 0 Å². The standard InChI is InChI=1S/C31H40N2O4S/c1-5-7-9-24-11-14-26(15-12-24)31(35)33(18-6-2)23-30(34)32(22-27-10-8-20-38-27)19-17-25-13-16-28(36-3)29(21-25)37-4/h8,10-16,20-21H,5-7,9,17-19,22-23H2,1-4H3. The van der Waals surface area contributed by atoms with Crippen molar-refractivity contribution < 1.29 is 19.1 Å². The molecule has 204 valence electrons. The number of ether oxygens (including phenoxy) is 2. The minimum absolute atomic E-state index is 0.0553. The van der Waals surface area contributed by atoms with Gasteiger partial charge in [0.15, 0.2) is 11.5 Å². The average molecular weight is 537 g/mol. The van der Waals surface area contributed by atoms with Gasteiger partial charge in [0.1, 0.15) is 6.54 Å². The van der Waals surface area contributed by atoms with Gasteiger partial charge in [-0.15, -0.1) is 11.3 Å². The van der Waals surface area contributed by atoms with Crippen LogP contribution in [-0.4, -0.2) is 55.5 Å². The quantitative estimate of drug-likeness (QED) is 0.231. The maximum Gasteiger partial charge on any atom is 0.254 e. The third kappa shape index (κ3) is 8.35. The summed E-state index contributed by atoms with van der Waals surface area (Å²) in [5.41, 5.74) is 2.91. The van der Waals surface area contributed by atoms with Crippen LogP contribution < -0.4 is 9.47 Å². The van der Waals surface area contributed by atoms with Crippen LogP contribution in [0, 0.1) is 0 Å². The van der Waals surface area contributed by atoms with E-state index in [0.717, 1.165) is 36.1 Å². The Morgan fingerprint density at radius 2 is 1.55 bits per heavy atom. The fraction of sp³-hybridized carbons (Fsp3) is 0.419. The van der Waals surface area contributed by atoms with E-state index in [1.165, 1.54) is 5.56 Å². The van der Waals surface area contributed by atoms with E-state index in [9.17, 15) is 9.59 Å². The maximum atomic E-state index is 13.6. The summed E-state index contributed by atoms with van der Waals surface area (Å²) in [6.45, 7) is 5.84. The monoisotopic (exact) mass is 536 g/mol. The van der Waals surface area contributed by atoms with E-state index in [4.69, 9.17) is 9.47 Å². The Bertz CT molecular complexity index is 1150. The van der Waals surface area contributed by atoms with Crippen LogP contribution in [0.15, 0.2) is 60.0 Å². The minimum Gasteiger partial charge on any atom is -0.493 e. The molecule has 0 spiro atoms. The molecule has 7 heteroatoms. The summed E-state index contributed by atoms with van der Waals surface area (Å²) in [5.74, 6) is 1.19. The molecule has 0 fully saturated rings. The average Bonchev–Trinajstić information content (AvgIpc) is 3.46. The van der Waals surface area contributed by atoms with Crippen LogP contribution in [0.1, 0.15) is 59.5 Å². The largest absolute Gasteiger partial charge is 0.493 e. The number of carbonyl (C=O) groups is 2. The van der Waals surface area contributed by atoms with Gasteiger partial charge in [-0.2, -0.15) is 0 Å². The predicted molar refractivity (Wildman–Crippen MR) is 154 cm³/mol. The van der Waals surface area contributed by atoms with Crippen molar-refractivity contribution in [2.75, 3.05) is 33.9 Å². The lowest BCUT2D eigenvalue weighted by Gasteiger charge is -2.27. The van der Waals surface area contributed by atoms with Crippen molar-refractivity contribution in [2.45, 2.75) is 52.5 Å². The van der Waals surface area contributed by atoms with E-state index < -0.39 is 0 Å². The van der Waals surface area contributed by atoms with E-state index in [0.29, 0.717) is 43.1 Å². The molecule has 0 atom stereocenters. The summed E-state index contributed by atoms with van der Waals surface area (Å²) < 4.78 is 10.8. The van der Waals surface area contributed by atoms with Crippen molar-refractivity contribution in [3.63, 3.8) is 0 Å². The van der Waals surface area contributed by atoms with Crippen molar-refractivity contribution in [2.24, 2.45) is 0 Å². The first-order valence-corrected chi connectivity index (χ1v) is 14.3. The summed E-state index contributed by atoms with van der Waals surface area (Å²) in [4.78, 5) is 31.6. The Morgan fingerprint density at radius 1 is 0.816 bits per heavy atom. The molecular weight excluding hydrogens is 496 g/mol. The van der Waals surface area contributed by atoms with E-state index in [1.54, 1.807) is 30.5 Å². The van der Waals surface area contributed by atoms with Gasteiger partial charge in [-0.1, -0.05) is 44.5 Å². The topological polar surface area (TPSA) is 59.1 Å². The molecule has 0 aliphatic carbocycles. The van der Waals surface area contributed by atoms with Gasteiger partial charge in [-0.05, 0) is 72.5 Å². The summed E-state index contributed by atoms with van der Waals surface area (Å²) in [6.07, 6.45) is 4.73. The molecule has 0 bridgehead atoms. The molecule has 2 amide bonds. The highest BCUT2D eigenvalue weighted by atomic mass is 32.1. The molecule has 3 aromatic rings. The number of thiophene rings is 1. The van der Waals surface area contributed by atoms with Crippen LogP contribution in [-0.2, 0) is 24.2 Å². The molecule has 1 heterocycles. The first-order valence-electron chi connectivity index (χ1n) is 13.4. The number of carbonyl (C=O) groups excluding carboxylic acids is 2. The lowest BCUT2D eigenvalue weighted by molar-refractivity contribution is -0.132. The van der Waals surface area contributed by atoms with Crippen LogP contribution in [0.5, 0.6) is 11.5 Å². The SMILES string of the molecule is CCCCc1ccc(C(=O)N(CCC)CC(=O)N(CCc2ccc(OC)c(OC)c2)Cc2cccs2)cc1. The molecule has 0 saturated carbocycles. The molecule has 6 nitrogen and oxygen atoms in total. The molecule has 0 aliphatic rings. The molecule has 0 radical (unpaired) electrons. The molecule has 38 heavy (non-hydrogen) atoms. The first kappa shape index (κ1) is 29.2. The number of benzene rings is 2. The Balaban J connectivity index is 1.73. The number of hydrogen-bond donors (Lipinski definition) is 0. The van der Waals surface area contributed by atoms with Gasteiger partial charge in [0.2, 0.25) is 5.91 Å². The third-order valence-corrected chi connectivity index (χ3v) is 7.39. The Kier molecular flexibility index (Phi) is 11.7. The molecule has 0 N–H and O–H groups in total. The number of unbranched alkanes of at least 4 members (excludes halogenated alkanes) is 1. The normalized spacial score (nSPS) is 10.7. The second kappa shape index (κ2) is 15.2. The molecular formula is C31H40N2O4S. The number of nitrogens with zero attached hydrogens (tertiary/aromatic N) is 2. The van der Waals surface area contributed by atoms with Crippen molar-refractivity contribution in [3.8, 4) is 11.5 Å². The second-order valence-electron chi connectivity index (χ2n) is 9.36.